The Morgan fingerprint density at radius 3 is 2.58 bits per heavy atom. The maximum Gasteiger partial charge on any atom is 0.220 e. The van der Waals surface area contributed by atoms with Gasteiger partial charge in [-0.2, -0.15) is 0 Å². The molecule has 1 aliphatic carbocycles. The lowest BCUT2D eigenvalue weighted by atomic mass is 9.83. The Labute approximate surface area is 123 Å². The van der Waals surface area contributed by atoms with E-state index < -0.39 is 0 Å². The van der Waals surface area contributed by atoms with Gasteiger partial charge in [-0.15, -0.1) is 12.4 Å². The predicted molar refractivity (Wildman–Crippen MR) is 81.6 cm³/mol. The number of halogens is 1. The number of hydrogen-bond acceptors (Lipinski definition) is 2. The summed E-state index contributed by atoms with van der Waals surface area (Å²) in [6, 6.07) is 0.589. The fourth-order valence-corrected chi connectivity index (χ4v) is 3.19. The molecule has 2 N–H and O–H groups in total. The van der Waals surface area contributed by atoms with Crippen LogP contribution in [0.2, 0.25) is 0 Å². The Kier molecular flexibility index (Phi) is 7.77. The zero-order valence-electron chi connectivity index (χ0n) is 12.1. The van der Waals surface area contributed by atoms with Crippen LogP contribution in [0.25, 0.3) is 0 Å². The van der Waals surface area contributed by atoms with Gasteiger partial charge >= 0.3 is 0 Å². The number of carbonyl (C=O) groups excluding carboxylic acids is 1. The highest BCUT2D eigenvalue weighted by Gasteiger charge is 2.19. The van der Waals surface area contributed by atoms with Crippen LogP contribution in [0.1, 0.15) is 58.3 Å². The monoisotopic (exact) mass is 288 g/mol. The van der Waals surface area contributed by atoms with Crippen LogP contribution < -0.4 is 10.6 Å². The molecule has 0 spiro atoms. The lowest BCUT2D eigenvalue weighted by molar-refractivity contribution is -0.121. The van der Waals surface area contributed by atoms with E-state index in [1.165, 1.54) is 38.5 Å². The van der Waals surface area contributed by atoms with Crippen LogP contribution in [0.15, 0.2) is 0 Å². The van der Waals surface area contributed by atoms with Crippen molar-refractivity contribution >= 4 is 18.3 Å². The molecule has 1 amide bonds. The van der Waals surface area contributed by atoms with Gasteiger partial charge in [0, 0.05) is 19.0 Å². The largest absolute Gasteiger partial charge is 0.356 e. The first-order valence-corrected chi connectivity index (χ1v) is 7.74. The molecule has 0 aromatic heterocycles. The summed E-state index contributed by atoms with van der Waals surface area (Å²) in [7, 11) is 0. The Bertz CT molecular complexity index is 259. The number of carbonyl (C=O) groups is 1. The number of hydrogen-bond donors (Lipinski definition) is 2. The Morgan fingerprint density at radius 1 is 1.21 bits per heavy atom. The second kappa shape index (κ2) is 8.80. The quantitative estimate of drug-likeness (QED) is 0.817. The van der Waals surface area contributed by atoms with Crippen molar-refractivity contribution in [1.82, 2.24) is 10.6 Å². The Balaban J connectivity index is 0.00000180. The van der Waals surface area contributed by atoms with Crippen molar-refractivity contribution in [1.29, 1.82) is 0 Å². The van der Waals surface area contributed by atoms with Gasteiger partial charge in [0.2, 0.25) is 5.91 Å². The van der Waals surface area contributed by atoms with Gasteiger partial charge in [-0.3, -0.25) is 4.79 Å². The van der Waals surface area contributed by atoms with Gasteiger partial charge in [-0.1, -0.05) is 19.8 Å². The first-order valence-electron chi connectivity index (χ1n) is 7.74. The molecule has 112 valence electrons. The average Bonchev–Trinajstić information content (AvgIpc) is 2.89. The highest BCUT2D eigenvalue weighted by molar-refractivity contribution is 5.85. The van der Waals surface area contributed by atoms with E-state index >= 15 is 0 Å². The summed E-state index contributed by atoms with van der Waals surface area (Å²) < 4.78 is 0. The lowest BCUT2D eigenvalue weighted by Crippen LogP contribution is -2.32. The summed E-state index contributed by atoms with van der Waals surface area (Å²) in [4.78, 5) is 11.8. The van der Waals surface area contributed by atoms with Crippen LogP contribution in [0, 0.1) is 11.8 Å². The normalized spacial score (nSPS) is 30.7. The summed E-state index contributed by atoms with van der Waals surface area (Å²) in [5, 5.41) is 6.57. The van der Waals surface area contributed by atoms with Crippen molar-refractivity contribution in [3.8, 4) is 0 Å². The van der Waals surface area contributed by atoms with Gasteiger partial charge in [0.15, 0.2) is 0 Å². The molecule has 1 saturated carbocycles. The number of rotatable bonds is 5. The Morgan fingerprint density at radius 2 is 1.95 bits per heavy atom. The van der Waals surface area contributed by atoms with Crippen molar-refractivity contribution in [2.75, 3.05) is 13.1 Å². The molecule has 4 heteroatoms. The van der Waals surface area contributed by atoms with E-state index in [1.807, 2.05) is 0 Å². The van der Waals surface area contributed by atoms with Gasteiger partial charge in [0.25, 0.3) is 0 Å². The van der Waals surface area contributed by atoms with Crippen LogP contribution in [0.5, 0.6) is 0 Å². The van der Waals surface area contributed by atoms with E-state index in [-0.39, 0.29) is 18.3 Å². The highest BCUT2D eigenvalue weighted by atomic mass is 35.5. The maximum absolute atomic E-state index is 11.8. The zero-order valence-corrected chi connectivity index (χ0v) is 12.9. The SMILES string of the molecule is CC1CCC(CNC(=O)CCC2CCCN2)CC1.Cl. The summed E-state index contributed by atoms with van der Waals surface area (Å²) in [6.45, 7) is 4.37. The number of amides is 1. The van der Waals surface area contributed by atoms with Gasteiger partial charge < -0.3 is 10.6 Å². The third-order valence-corrected chi connectivity index (χ3v) is 4.61. The van der Waals surface area contributed by atoms with E-state index in [0.717, 1.165) is 31.3 Å². The van der Waals surface area contributed by atoms with Crippen LogP contribution >= 0.6 is 12.4 Å². The van der Waals surface area contributed by atoms with Crippen molar-refractivity contribution in [2.24, 2.45) is 11.8 Å². The molecule has 0 bridgehead atoms. The van der Waals surface area contributed by atoms with Crippen molar-refractivity contribution in [3.63, 3.8) is 0 Å². The molecule has 1 saturated heterocycles. The van der Waals surface area contributed by atoms with E-state index in [9.17, 15) is 4.79 Å². The predicted octanol–water partition coefficient (Wildman–Crippen LogP) is 2.88. The average molecular weight is 289 g/mol. The van der Waals surface area contributed by atoms with E-state index in [4.69, 9.17) is 0 Å². The molecule has 1 heterocycles. The minimum absolute atomic E-state index is 0. The van der Waals surface area contributed by atoms with Crippen molar-refractivity contribution in [2.45, 2.75) is 64.3 Å². The van der Waals surface area contributed by atoms with Crippen molar-refractivity contribution < 1.29 is 4.79 Å². The minimum atomic E-state index is 0. The third-order valence-electron chi connectivity index (χ3n) is 4.61. The summed E-state index contributed by atoms with van der Waals surface area (Å²) in [5.74, 6) is 1.88. The fourth-order valence-electron chi connectivity index (χ4n) is 3.19. The summed E-state index contributed by atoms with van der Waals surface area (Å²) in [6.07, 6.45) is 9.49. The van der Waals surface area contributed by atoms with Crippen LogP contribution in [-0.4, -0.2) is 25.0 Å². The third kappa shape index (κ3) is 6.13. The van der Waals surface area contributed by atoms with Crippen molar-refractivity contribution in [3.05, 3.63) is 0 Å². The molecule has 1 unspecified atom stereocenters. The standard InChI is InChI=1S/C15H28N2O.ClH/c1-12-4-6-13(7-5-12)11-17-15(18)9-8-14-3-2-10-16-14;/h12-14,16H,2-11H2,1H3,(H,17,18);1H. The van der Waals surface area contributed by atoms with Gasteiger partial charge in [0.05, 0.1) is 0 Å². The fraction of sp³-hybridized carbons (Fsp3) is 0.933. The van der Waals surface area contributed by atoms with Crippen LogP contribution in [-0.2, 0) is 4.79 Å². The molecular weight excluding hydrogens is 260 g/mol. The van der Waals surface area contributed by atoms with Crippen LogP contribution in [0.3, 0.4) is 0 Å². The molecule has 3 nitrogen and oxygen atoms in total. The zero-order chi connectivity index (χ0) is 12.8. The molecular formula is C15H29ClN2O. The minimum Gasteiger partial charge on any atom is -0.356 e. The smallest absolute Gasteiger partial charge is 0.220 e. The maximum atomic E-state index is 11.8. The molecule has 19 heavy (non-hydrogen) atoms. The highest BCUT2D eigenvalue weighted by Crippen LogP contribution is 2.27. The first-order chi connectivity index (χ1) is 8.74. The lowest BCUT2D eigenvalue weighted by Gasteiger charge is -2.26. The van der Waals surface area contributed by atoms with Gasteiger partial charge in [-0.05, 0) is 50.5 Å². The summed E-state index contributed by atoms with van der Waals surface area (Å²) >= 11 is 0. The first kappa shape index (κ1) is 16.8. The molecule has 2 rings (SSSR count). The molecule has 0 radical (unpaired) electrons. The second-order valence-corrected chi connectivity index (χ2v) is 6.26. The molecule has 0 aromatic carbocycles. The molecule has 0 aromatic rings. The van der Waals surface area contributed by atoms with Crippen LogP contribution in [0.4, 0.5) is 0 Å². The van der Waals surface area contributed by atoms with E-state index in [0.29, 0.717) is 12.5 Å². The molecule has 1 atom stereocenters. The summed E-state index contributed by atoms with van der Waals surface area (Å²) in [5.41, 5.74) is 0. The topological polar surface area (TPSA) is 41.1 Å². The van der Waals surface area contributed by atoms with E-state index in [2.05, 4.69) is 17.6 Å². The number of nitrogens with one attached hydrogen (secondary N) is 2. The Hall–Kier alpha value is -0.280. The molecule has 1 aliphatic heterocycles. The second-order valence-electron chi connectivity index (χ2n) is 6.26. The van der Waals surface area contributed by atoms with Gasteiger partial charge in [0.1, 0.15) is 0 Å². The molecule has 2 aliphatic rings. The molecule has 2 fully saturated rings. The van der Waals surface area contributed by atoms with Gasteiger partial charge in [-0.25, -0.2) is 0 Å². The van der Waals surface area contributed by atoms with E-state index in [1.54, 1.807) is 0 Å².